The molecule has 41 heavy (non-hydrogen) atoms. The standard InChI is InChI=1S/C32H38F2N2O4S/c1-5-6-14-36(20-24-16-25(33)19-26(34)17-24)40-21-23-11-12-28(29(18-23)27-10-8-7-9-22(27)2)31(37)35-30(13-15-41-4)32(38)39-3/h7-12,16-19,30H,5-6,13-15,20-21H2,1-4H3,(H,35,37)/t30-/m0/s1. The first-order valence-corrected chi connectivity index (χ1v) is 15.0. The zero-order valence-electron chi connectivity index (χ0n) is 24.0. The predicted octanol–water partition coefficient (Wildman–Crippen LogP) is 6.70. The minimum absolute atomic E-state index is 0.195. The van der Waals surface area contributed by atoms with Gasteiger partial charge in [-0.25, -0.2) is 13.6 Å². The van der Waals surface area contributed by atoms with Gasteiger partial charge in [-0.1, -0.05) is 43.7 Å². The fourth-order valence-electron chi connectivity index (χ4n) is 4.44. The van der Waals surface area contributed by atoms with Crippen LogP contribution in [0, 0.1) is 18.6 Å². The highest BCUT2D eigenvalue weighted by Crippen LogP contribution is 2.29. The van der Waals surface area contributed by atoms with Gasteiger partial charge in [0, 0.05) is 24.7 Å². The first-order valence-electron chi connectivity index (χ1n) is 13.6. The normalized spacial score (nSPS) is 11.9. The zero-order valence-corrected chi connectivity index (χ0v) is 24.9. The van der Waals surface area contributed by atoms with Crippen LogP contribution < -0.4 is 5.32 Å². The molecule has 0 aliphatic heterocycles. The number of halogens is 2. The molecular formula is C32H38F2N2O4S. The van der Waals surface area contributed by atoms with E-state index in [1.807, 2.05) is 49.6 Å². The molecule has 0 radical (unpaired) electrons. The Morgan fingerprint density at radius 2 is 1.73 bits per heavy atom. The summed E-state index contributed by atoms with van der Waals surface area (Å²) in [6, 6.07) is 15.9. The van der Waals surface area contributed by atoms with Crippen molar-refractivity contribution in [2.45, 2.75) is 52.3 Å². The fraction of sp³-hybridized carbons (Fsp3) is 0.375. The van der Waals surface area contributed by atoms with Crippen LogP contribution in [-0.2, 0) is 27.5 Å². The lowest BCUT2D eigenvalue weighted by Crippen LogP contribution is -2.42. The minimum Gasteiger partial charge on any atom is -0.467 e. The van der Waals surface area contributed by atoms with Gasteiger partial charge in [-0.15, -0.1) is 0 Å². The SMILES string of the molecule is CCCCN(Cc1cc(F)cc(F)c1)OCc1ccc(C(=O)N[C@@H](CCSC)C(=O)OC)c(-c2ccccc2C)c1. The van der Waals surface area contributed by atoms with Crippen molar-refractivity contribution in [2.24, 2.45) is 0 Å². The summed E-state index contributed by atoms with van der Waals surface area (Å²) in [5.41, 5.74) is 4.31. The number of hydrogen-bond donors (Lipinski definition) is 1. The molecule has 1 N–H and O–H groups in total. The first-order chi connectivity index (χ1) is 19.7. The highest BCUT2D eigenvalue weighted by atomic mass is 32.2. The van der Waals surface area contributed by atoms with E-state index < -0.39 is 23.6 Å². The maximum atomic E-state index is 13.8. The topological polar surface area (TPSA) is 67.9 Å². The van der Waals surface area contributed by atoms with Crippen molar-refractivity contribution in [2.75, 3.05) is 25.7 Å². The Morgan fingerprint density at radius 3 is 2.39 bits per heavy atom. The van der Waals surface area contributed by atoms with Crippen molar-refractivity contribution in [1.29, 1.82) is 0 Å². The van der Waals surface area contributed by atoms with Crippen LogP contribution in [0.2, 0.25) is 0 Å². The molecule has 0 aliphatic rings. The van der Waals surface area contributed by atoms with Gasteiger partial charge in [0.2, 0.25) is 0 Å². The second kappa shape index (κ2) is 16.2. The number of benzene rings is 3. The van der Waals surface area contributed by atoms with Crippen LogP contribution in [0.1, 0.15) is 53.2 Å². The summed E-state index contributed by atoms with van der Waals surface area (Å²) in [5, 5.41) is 4.56. The van der Waals surface area contributed by atoms with Crippen molar-refractivity contribution in [1.82, 2.24) is 10.4 Å². The summed E-state index contributed by atoms with van der Waals surface area (Å²) in [4.78, 5) is 31.9. The van der Waals surface area contributed by atoms with E-state index in [2.05, 4.69) is 12.2 Å². The number of rotatable bonds is 15. The Morgan fingerprint density at radius 1 is 1.00 bits per heavy atom. The second-order valence-electron chi connectivity index (χ2n) is 9.79. The third-order valence-corrected chi connectivity index (χ3v) is 7.27. The number of esters is 1. The lowest BCUT2D eigenvalue weighted by atomic mass is 9.93. The summed E-state index contributed by atoms with van der Waals surface area (Å²) in [6.45, 7) is 5.04. The van der Waals surface area contributed by atoms with Gasteiger partial charge >= 0.3 is 5.97 Å². The zero-order chi connectivity index (χ0) is 29.8. The van der Waals surface area contributed by atoms with Gasteiger partial charge in [0.1, 0.15) is 17.7 Å². The van der Waals surface area contributed by atoms with Crippen molar-refractivity contribution < 1.29 is 27.9 Å². The third kappa shape index (κ3) is 9.66. The van der Waals surface area contributed by atoms with E-state index in [1.165, 1.54) is 19.2 Å². The van der Waals surface area contributed by atoms with Gasteiger partial charge in [0.25, 0.3) is 5.91 Å². The molecule has 1 amide bonds. The number of aryl methyl sites for hydroxylation is 1. The van der Waals surface area contributed by atoms with E-state index in [0.717, 1.165) is 35.6 Å². The average Bonchev–Trinajstić information content (AvgIpc) is 2.95. The summed E-state index contributed by atoms with van der Waals surface area (Å²) >= 11 is 1.58. The van der Waals surface area contributed by atoms with Crippen LogP contribution in [0.5, 0.6) is 0 Å². The van der Waals surface area contributed by atoms with E-state index in [9.17, 15) is 18.4 Å². The Bertz CT molecular complexity index is 1300. The molecule has 0 bridgehead atoms. The van der Waals surface area contributed by atoms with E-state index in [1.54, 1.807) is 22.9 Å². The summed E-state index contributed by atoms with van der Waals surface area (Å²) in [7, 11) is 1.31. The van der Waals surface area contributed by atoms with Gasteiger partial charge in [-0.05, 0) is 83.9 Å². The van der Waals surface area contributed by atoms with Crippen molar-refractivity contribution in [3.8, 4) is 11.1 Å². The summed E-state index contributed by atoms with van der Waals surface area (Å²) < 4.78 is 32.4. The Kier molecular flexibility index (Phi) is 12.8. The molecule has 9 heteroatoms. The minimum atomic E-state index is -0.757. The number of carbonyl (C=O) groups excluding carboxylic acids is 2. The van der Waals surface area contributed by atoms with Crippen molar-refractivity contribution in [3.63, 3.8) is 0 Å². The van der Waals surface area contributed by atoms with E-state index in [-0.39, 0.29) is 19.1 Å². The number of methoxy groups -OCH3 is 1. The molecule has 0 fully saturated rings. The van der Waals surface area contributed by atoms with Gasteiger partial charge in [-0.2, -0.15) is 16.8 Å². The second-order valence-corrected chi connectivity index (χ2v) is 10.8. The Hall–Kier alpha value is -3.27. The van der Waals surface area contributed by atoms with E-state index in [4.69, 9.17) is 9.57 Å². The number of hydroxylamine groups is 2. The number of unbranched alkanes of at least 4 members (excludes halogenated alkanes) is 1. The van der Waals surface area contributed by atoms with E-state index >= 15 is 0 Å². The van der Waals surface area contributed by atoms with Gasteiger partial charge in [0.15, 0.2) is 0 Å². The van der Waals surface area contributed by atoms with Crippen LogP contribution in [0.15, 0.2) is 60.7 Å². The quantitative estimate of drug-likeness (QED) is 0.158. The predicted molar refractivity (Wildman–Crippen MR) is 159 cm³/mol. The molecule has 0 unspecified atom stereocenters. The summed E-state index contributed by atoms with van der Waals surface area (Å²) in [5.74, 6) is -1.42. The molecule has 3 aromatic carbocycles. The maximum Gasteiger partial charge on any atom is 0.328 e. The molecule has 0 aromatic heterocycles. The molecule has 6 nitrogen and oxygen atoms in total. The molecular weight excluding hydrogens is 546 g/mol. The van der Waals surface area contributed by atoms with Crippen LogP contribution in [0.3, 0.4) is 0 Å². The number of ether oxygens (including phenoxy) is 1. The van der Waals surface area contributed by atoms with Crippen LogP contribution in [0.4, 0.5) is 8.78 Å². The smallest absolute Gasteiger partial charge is 0.328 e. The van der Waals surface area contributed by atoms with Gasteiger partial charge in [0.05, 0.1) is 13.7 Å². The average molecular weight is 585 g/mol. The molecule has 0 saturated carbocycles. The molecule has 1 atom stereocenters. The highest BCUT2D eigenvalue weighted by Gasteiger charge is 2.24. The highest BCUT2D eigenvalue weighted by molar-refractivity contribution is 7.98. The number of nitrogens with zero attached hydrogens (tertiary/aromatic N) is 1. The Balaban J connectivity index is 1.88. The largest absolute Gasteiger partial charge is 0.467 e. The number of nitrogens with one attached hydrogen (secondary N) is 1. The maximum absolute atomic E-state index is 13.8. The number of carbonyl (C=O) groups is 2. The lowest BCUT2D eigenvalue weighted by molar-refractivity contribution is -0.177. The molecule has 220 valence electrons. The molecule has 0 heterocycles. The first kappa shape index (κ1) is 32.2. The number of hydrogen-bond acceptors (Lipinski definition) is 6. The van der Waals surface area contributed by atoms with Crippen molar-refractivity contribution in [3.05, 3.63) is 94.6 Å². The number of amides is 1. The lowest BCUT2D eigenvalue weighted by Gasteiger charge is -2.23. The molecule has 0 saturated heterocycles. The monoisotopic (exact) mass is 584 g/mol. The van der Waals surface area contributed by atoms with Crippen LogP contribution in [0.25, 0.3) is 11.1 Å². The molecule has 0 aliphatic carbocycles. The number of thioether (sulfide) groups is 1. The fourth-order valence-corrected chi connectivity index (χ4v) is 4.91. The Labute approximate surface area is 245 Å². The van der Waals surface area contributed by atoms with Crippen LogP contribution >= 0.6 is 11.8 Å². The molecule has 3 rings (SSSR count). The molecule has 3 aromatic rings. The molecule has 0 spiro atoms. The van der Waals surface area contributed by atoms with Gasteiger partial charge < -0.3 is 10.1 Å². The summed E-state index contributed by atoms with van der Waals surface area (Å²) in [6.07, 6.45) is 4.17. The van der Waals surface area contributed by atoms with E-state index in [0.29, 0.717) is 35.4 Å². The van der Waals surface area contributed by atoms with Crippen molar-refractivity contribution >= 4 is 23.6 Å². The van der Waals surface area contributed by atoms with Gasteiger partial charge in [-0.3, -0.25) is 9.63 Å². The van der Waals surface area contributed by atoms with Crippen LogP contribution in [-0.4, -0.2) is 48.6 Å². The third-order valence-electron chi connectivity index (χ3n) is 6.62.